The average molecular weight is 511 g/mol. The third-order valence-corrected chi connectivity index (χ3v) is 4.93. The molecule has 0 saturated heterocycles. The Labute approximate surface area is 206 Å². The summed E-state index contributed by atoms with van der Waals surface area (Å²) in [5.74, 6) is -0.0206. The number of rotatable bonds is 7. The number of amides is 1. The minimum atomic E-state index is -4.78. The van der Waals surface area contributed by atoms with Crippen molar-refractivity contribution >= 4 is 35.3 Å². The predicted molar refractivity (Wildman–Crippen MR) is 127 cm³/mol. The number of nitro benzene ring substituents is 1. The van der Waals surface area contributed by atoms with Crippen molar-refractivity contribution in [3.05, 3.63) is 101 Å². The highest BCUT2D eigenvalue weighted by Gasteiger charge is 2.31. The molecule has 0 spiro atoms. The van der Waals surface area contributed by atoms with Gasteiger partial charge in [0.25, 0.3) is 5.69 Å². The fourth-order valence-electron chi connectivity index (χ4n) is 3.28. The van der Waals surface area contributed by atoms with Crippen molar-refractivity contribution in [2.24, 2.45) is 0 Å². The Hall–Kier alpha value is -5.20. The first-order valence-electron chi connectivity index (χ1n) is 10.4. The first kappa shape index (κ1) is 24.9. The van der Waals surface area contributed by atoms with E-state index in [9.17, 15) is 33.2 Å². The second kappa shape index (κ2) is 10.2. The Balaban J connectivity index is 1.45. The van der Waals surface area contributed by atoms with Gasteiger partial charge >= 0.3 is 12.5 Å². The van der Waals surface area contributed by atoms with Crippen molar-refractivity contribution in [3.63, 3.8) is 0 Å². The minimum Gasteiger partial charge on any atom is -0.464 e. The average Bonchev–Trinajstić information content (AvgIpc) is 3.32. The topological polar surface area (TPSA) is 124 Å². The van der Waals surface area contributed by atoms with Crippen LogP contribution in [0.5, 0.6) is 5.75 Å². The number of hydrogen-bond donors (Lipinski definition) is 1. The van der Waals surface area contributed by atoms with Crippen LogP contribution in [0.15, 0.2) is 79.1 Å². The van der Waals surface area contributed by atoms with Crippen LogP contribution in [-0.2, 0) is 0 Å². The molecule has 0 fully saturated rings. The van der Waals surface area contributed by atoms with Crippen LogP contribution >= 0.6 is 0 Å². The molecule has 1 heterocycles. The molecule has 0 radical (unpaired) electrons. The van der Waals surface area contributed by atoms with Gasteiger partial charge in [0.15, 0.2) is 5.82 Å². The number of hydrogen-bond acceptors (Lipinski definition) is 6. The van der Waals surface area contributed by atoms with E-state index in [0.717, 1.165) is 4.90 Å². The molecule has 3 aromatic carbocycles. The lowest BCUT2D eigenvalue weighted by Crippen LogP contribution is -2.23. The standard InChI is InChI=1S/C24H16F3N5O5/c25-24(26,27)37-21-12-10-17(11-13-21)30-15-28-22(29-30)14-3-16-1-4-18(5-2-16)31(23(33)34)19-6-8-20(9-7-19)32(35)36/h1-15H,(H,33,34)/b14-3+. The molecule has 4 aromatic rings. The SMILES string of the molecule is O=C(O)N(c1ccc(/C=C/c2ncn(-c3ccc(OC(F)(F)F)cc3)n2)cc1)c1ccc([N+](=O)[O-])cc1. The molecule has 1 aromatic heterocycles. The maximum absolute atomic E-state index is 12.3. The van der Waals surface area contributed by atoms with Crippen LogP contribution < -0.4 is 9.64 Å². The van der Waals surface area contributed by atoms with Gasteiger partial charge in [0.1, 0.15) is 12.1 Å². The molecule has 37 heavy (non-hydrogen) atoms. The number of benzene rings is 3. The third kappa shape index (κ3) is 6.28. The number of carboxylic acid groups (broad SMARTS) is 1. The van der Waals surface area contributed by atoms with Gasteiger partial charge in [-0.1, -0.05) is 18.2 Å². The maximum atomic E-state index is 12.3. The van der Waals surface area contributed by atoms with E-state index in [1.807, 2.05) is 0 Å². The quantitative estimate of drug-likeness (QED) is 0.236. The minimum absolute atomic E-state index is 0.155. The molecular formula is C24H16F3N5O5. The Morgan fingerprint density at radius 2 is 1.57 bits per heavy atom. The molecule has 0 aliphatic heterocycles. The van der Waals surface area contributed by atoms with Gasteiger partial charge in [0.05, 0.1) is 22.0 Å². The van der Waals surface area contributed by atoms with Crippen molar-refractivity contribution in [3.8, 4) is 11.4 Å². The zero-order valence-corrected chi connectivity index (χ0v) is 18.6. The van der Waals surface area contributed by atoms with E-state index in [2.05, 4.69) is 14.8 Å². The van der Waals surface area contributed by atoms with E-state index in [1.165, 1.54) is 59.5 Å². The summed E-state index contributed by atoms with van der Waals surface area (Å²) in [5.41, 5.74) is 1.61. The zero-order chi connectivity index (χ0) is 26.6. The van der Waals surface area contributed by atoms with Crippen LogP contribution in [0, 0.1) is 10.1 Å². The predicted octanol–water partition coefficient (Wildman–Crippen LogP) is 6.06. The monoisotopic (exact) mass is 511 g/mol. The molecule has 0 unspecified atom stereocenters. The third-order valence-electron chi connectivity index (χ3n) is 4.93. The largest absolute Gasteiger partial charge is 0.573 e. The zero-order valence-electron chi connectivity index (χ0n) is 18.6. The summed E-state index contributed by atoms with van der Waals surface area (Å²) < 4.78 is 42.1. The highest BCUT2D eigenvalue weighted by molar-refractivity contribution is 5.95. The normalized spacial score (nSPS) is 11.4. The number of non-ortho nitro benzene ring substituents is 1. The molecule has 188 valence electrons. The summed E-state index contributed by atoms with van der Waals surface area (Å²) in [5, 5.41) is 24.7. The second-order valence-corrected chi connectivity index (χ2v) is 7.41. The Morgan fingerprint density at radius 1 is 0.973 bits per heavy atom. The lowest BCUT2D eigenvalue weighted by Gasteiger charge is -2.19. The van der Waals surface area contributed by atoms with Crippen LogP contribution in [0.25, 0.3) is 17.8 Å². The summed E-state index contributed by atoms with van der Waals surface area (Å²) in [6.07, 6.45) is -1.33. The van der Waals surface area contributed by atoms with Crippen molar-refractivity contribution in [2.75, 3.05) is 4.90 Å². The Kier molecular flexibility index (Phi) is 6.86. The highest BCUT2D eigenvalue weighted by Crippen LogP contribution is 2.28. The smallest absolute Gasteiger partial charge is 0.464 e. The van der Waals surface area contributed by atoms with Gasteiger partial charge in [-0.05, 0) is 60.2 Å². The van der Waals surface area contributed by atoms with E-state index >= 15 is 0 Å². The van der Waals surface area contributed by atoms with E-state index in [1.54, 1.807) is 36.4 Å². The van der Waals surface area contributed by atoms with Crippen LogP contribution in [0.3, 0.4) is 0 Å². The fourth-order valence-corrected chi connectivity index (χ4v) is 3.28. The molecule has 0 bridgehead atoms. The highest BCUT2D eigenvalue weighted by atomic mass is 19.4. The number of alkyl halides is 3. The Bertz CT molecular complexity index is 1430. The van der Waals surface area contributed by atoms with Crippen molar-refractivity contribution in [1.29, 1.82) is 0 Å². The van der Waals surface area contributed by atoms with Gasteiger partial charge in [-0.15, -0.1) is 18.3 Å². The molecule has 0 aliphatic rings. The number of anilines is 2. The molecule has 4 rings (SSSR count). The van der Waals surface area contributed by atoms with Gasteiger partial charge in [0, 0.05) is 12.1 Å². The molecule has 0 saturated carbocycles. The number of nitrogens with zero attached hydrogens (tertiary/aromatic N) is 5. The van der Waals surface area contributed by atoms with Crippen molar-refractivity contribution in [1.82, 2.24) is 14.8 Å². The summed E-state index contributed by atoms with van der Waals surface area (Å²) in [7, 11) is 0. The molecule has 1 N–H and O–H groups in total. The number of carbonyl (C=O) groups is 1. The molecule has 10 nitrogen and oxygen atoms in total. The number of aromatic nitrogens is 3. The molecule has 13 heteroatoms. The second-order valence-electron chi connectivity index (χ2n) is 7.41. The molecular weight excluding hydrogens is 495 g/mol. The van der Waals surface area contributed by atoms with Crippen LogP contribution in [-0.4, -0.2) is 37.2 Å². The van der Waals surface area contributed by atoms with Gasteiger partial charge < -0.3 is 9.84 Å². The van der Waals surface area contributed by atoms with Crippen LogP contribution in [0.4, 0.5) is 35.0 Å². The van der Waals surface area contributed by atoms with Crippen molar-refractivity contribution in [2.45, 2.75) is 6.36 Å². The summed E-state index contributed by atoms with van der Waals surface area (Å²) in [6, 6.07) is 16.8. The van der Waals surface area contributed by atoms with Gasteiger partial charge in [-0.2, -0.15) is 0 Å². The van der Waals surface area contributed by atoms with E-state index in [4.69, 9.17) is 0 Å². The van der Waals surface area contributed by atoms with Gasteiger partial charge in [0.2, 0.25) is 0 Å². The van der Waals surface area contributed by atoms with Crippen LogP contribution in [0.2, 0.25) is 0 Å². The number of halogens is 3. The van der Waals surface area contributed by atoms with E-state index in [-0.39, 0.29) is 17.1 Å². The van der Waals surface area contributed by atoms with E-state index < -0.39 is 17.4 Å². The lowest BCUT2D eigenvalue weighted by molar-refractivity contribution is -0.384. The number of nitro groups is 1. The first-order chi connectivity index (χ1) is 17.6. The Morgan fingerprint density at radius 3 is 2.11 bits per heavy atom. The molecule has 0 aliphatic carbocycles. The summed E-state index contributed by atoms with van der Waals surface area (Å²) in [6.45, 7) is 0. The maximum Gasteiger partial charge on any atom is 0.573 e. The fraction of sp³-hybridized carbons (Fsp3) is 0.0417. The molecule has 0 atom stereocenters. The lowest BCUT2D eigenvalue weighted by atomic mass is 10.1. The first-order valence-corrected chi connectivity index (χ1v) is 10.4. The summed E-state index contributed by atoms with van der Waals surface area (Å²) >= 11 is 0. The molecule has 1 amide bonds. The van der Waals surface area contributed by atoms with Crippen LogP contribution in [0.1, 0.15) is 11.4 Å². The number of ether oxygens (including phenoxy) is 1. The van der Waals surface area contributed by atoms with Crippen molar-refractivity contribution < 1.29 is 32.7 Å². The van der Waals surface area contributed by atoms with Gasteiger partial charge in [-0.3, -0.25) is 10.1 Å². The van der Waals surface area contributed by atoms with Gasteiger partial charge in [-0.25, -0.2) is 19.4 Å². The summed E-state index contributed by atoms with van der Waals surface area (Å²) in [4.78, 5) is 27.2. The van der Waals surface area contributed by atoms with E-state index in [0.29, 0.717) is 22.8 Å².